The molecule has 25 heavy (non-hydrogen) atoms. The van der Waals surface area contributed by atoms with E-state index in [9.17, 15) is 25.0 Å². The molecule has 0 amide bonds. The molecule has 9 heteroatoms. The van der Waals surface area contributed by atoms with E-state index in [0.717, 1.165) is 37.8 Å². The van der Waals surface area contributed by atoms with E-state index in [4.69, 9.17) is 4.74 Å². The summed E-state index contributed by atoms with van der Waals surface area (Å²) in [6.07, 6.45) is 4.30. The van der Waals surface area contributed by atoms with Gasteiger partial charge in [0.05, 0.1) is 22.0 Å². The van der Waals surface area contributed by atoms with Crippen molar-refractivity contribution in [3.05, 3.63) is 37.9 Å². The maximum absolute atomic E-state index is 11.9. The number of anilines is 1. The van der Waals surface area contributed by atoms with Gasteiger partial charge in [-0.2, -0.15) is 0 Å². The number of nitro benzene ring substituents is 2. The lowest BCUT2D eigenvalue weighted by molar-refractivity contribution is -0.392. The third-order valence-electron chi connectivity index (χ3n) is 3.50. The first-order valence-electron chi connectivity index (χ1n) is 8.30. The van der Waals surface area contributed by atoms with Crippen LogP contribution in [0.25, 0.3) is 0 Å². The quantitative estimate of drug-likeness (QED) is 0.275. The van der Waals surface area contributed by atoms with E-state index in [0.29, 0.717) is 13.0 Å². The number of benzene rings is 1. The summed E-state index contributed by atoms with van der Waals surface area (Å²) in [4.78, 5) is 33.1. The second-order valence-electron chi connectivity index (χ2n) is 5.53. The Balaban J connectivity index is 3.14. The maximum atomic E-state index is 11.9. The van der Waals surface area contributed by atoms with Crippen LogP contribution >= 0.6 is 0 Å². The SMILES string of the molecule is CCCCCCNc1c([N+](=O)[O-])cc(C(=O)OCCC)cc1[N+](=O)[O-]. The predicted octanol–water partition coefficient (Wildman–Crippen LogP) is 4.06. The topological polar surface area (TPSA) is 125 Å². The van der Waals surface area contributed by atoms with Crippen LogP contribution in [0.4, 0.5) is 17.1 Å². The van der Waals surface area contributed by atoms with Gasteiger partial charge in [-0.1, -0.05) is 33.1 Å². The third-order valence-corrected chi connectivity index (χ3v) is 3.50. The third kappa shape index (κ3) is 6.02. The van der Waals surface area contributed by atoms with Crippen molar-refractivity contribution in [2.24, 2.45) is 0 Å². The summed E-state index contributed by atoms with van der Waals surface area (Å²) in [5.74, 6) is -0.817. The van der Waals surface area contributed by atoms with Gasteiger partial charge in [0.15, 0.2) is 5.69 Å². The number of carbonyl (C=O) groups excluding carboxylic acids is 1. The van der Waals surface area contributed by atoms with Crippen molar-refractivity contribution in [1.29, 1.82) is 0 Å². The summed E-state index contributed by atoms with van der Waals surface area (Å²) >= 11 is 0. The van der Waals surface area contributed by atoms with Gasteiger partial charge in [-0.25, -0.2) is 4.79 Å². The fourth-order valence-corrected chi connectivity index (χ4v) is 2.24. The molecule has 0 aliphatic rings. The number of carbonyl (C=O) groups is 1. The number of esters is 1. The van der Waals surface area contributed by atoms with Crippen LogP contribution in [0.2, 0.25) is 0 Å². The van der Waals surface area contributed by atoms with Crippen LogP contribution < -0.4 is 5.32 Å². The molecule has 1 N–H and O–H groups in total. The molecule has 9 nitrogen and oxygen atoms in total. The van der Waals surface area contributed by atoms with Crippen molar-refractivity contribution in [3.8, 4) is 0 Å². The Morgan fingerprint density at radius 2 is 1.64 bits per heavy atom. The first-order chi connectivity index (χ1) is 11.9. The van der Waals surface area contributed by atoms with E-state index in [1.807, 2.05) is 0 Å². The number of nitrogens with one attached hydrogen (secondary N) is 1. The molecule has 0 aliphatic heterocycles. The van der Waals surface area contributed by atoms with Crippen molar-refractivity contribution in [2.45, 2.75) is 46.0 Å². The van der Waals surface area contributed by atoms with E-state index in [1.54, 1.807) is 6.92 Å². The Morgan fingerprint density at radius 3 is 2.12 bits per heavy atom. The van der Waals surface area contributed by atoms with Crippen molar-refractivity contribution in [3.63, 3.8) is 0 Å². The maximum Gasteiger partial charge on any atom is 0.338 e. The van der Waals surface area contributed by atoms with Gasteiger partial charge >= 0.3 is 5.97 Å². The predicted molar refractivity (Wildman–Crippen MR) is 93.0 cm³/mol. The van der Waals surface area contributed by atoms with Crippen LogP contribution in [0.3, 0.4) is 0 Å². The fourth-order valence-electron chi connectivity index (χ4n) is 2.24. The van der Waals surface area contributed by atoms with Crippen LogP contribution in [0.1, 0.15) is 56.3 Å². The first kappa shape index (κ1) is 20.3. The van der Waals surface area contributed by atoms with Crippen LogP contribution in [0, 0.1) is 20.2 Å². The molecule has 0 heterocycles. The molecule has 0 aromatic heterocycles. The normalized spacial score (nSPS) is 10.3. The Bertz CT molecular complexity index is 597. The average molecular weight is 353 g/mol. The van der Waals surface area contributed by atoms with E-state index in [1.165, 1.54) is 0 Å². The van der Waals surface area contributed by atoms with E-state index < -0.39 is 27.2 Å². The average Bonchev–Trinajstić information content (AvgIpc) is 2.58. The molecular formula is C16H23N3O6. The molecule has 1 aromatic rings. The van der Waals surface area contributed by atoms with Gasteiger partial charge in [-0.15, -0.1) is 0 Å². The Labute approximate surface area is 145 Å². The second kappa shape index (κ2) is 10.2. The Kier molecular flexibility index (Phi) is 8.31. The summed E-state index contributed by atoms with van der Waals surface area (Å²) in [7, 11) is 0. The van der Waals surface area contributed by atoms with Crippen molar-refractivity contribution in [1.82, 2.24) is 0 Å². The number of hydrogen-bond donors (Lipinski definition) is 1. The van der Waals surface area contributed by atoms with Crippen molar-refractivity contribution < 1.29 is 19.4 Å². The van der Waals surface area contributed by atoms with E-state index in [-0.39, 0.29) is 17.9 Å². The van der Waals surface area contributed by atoms with Gasteiger partial charge in [-0.3, -0.25) is 20.2 Å². The Morgan fingerprint density at radius 1 is 1.04 bits per heavy atom. The van der Waals surface area contributed by atoms with Gasteiger partial charge in [0.25, 0.3) is 11.4 Å². The highest BCUT2D eigenvalue weighted by Gasteiger charge is 2.28. The van der Waals surface area contributed by atoms with E-state index >= 15 is 0 Å². The smallest absolute Gasteiger partial charge is 0.338 e. The highest BCUT2D eigenvalue weighted by molar-refractivity contribution is 5.93. The molecule has 0 atom stereocenters. The standard InChI is InChI=1S/C16H23N3O6/c1-3-5-6-7-8-17-15-13(18(21)22)10-12(11-14(15)19(23)24)16(20)25-9-4-2/h10-11,17H,3-9H2,1-2H3. The van der Waals surface area contributed by atoms with Crippen LogP contribution in [0.15, 0.2) is 12.1 Å². The molecule has 1 aromatic carbocycles. The molecule has 0 unspecified atom stereocenters. The molecule has 0 spiro atoms. The van der Waals surface area contributed by atoms with Gasteiger partial charge in [-0.05, 0) is 12.8 Å². The molecule has 0 saturated carbocycles. The monoisotopic (exact) mass is 353 g/mol. The van der Waals surface area contributed by atoms with Crippen LogP contribution in [0.5, 0.6) is 0 Å². The summed E-state index contributed by atoms with van der Waals surface area (Å²) in [6, 6.07) is 2.03. The first-order valence-corrected chi connectivity index (χ1v) is 8.30. The molecule has 0 saturated heterocycles. The lowest BCUT2D eigenvalue weighted by Crippen LogP contribution is -2.11. The summed E-state index contributed by atoms with van der Waals surface area (Å²) in [6.45, 7) is 4.36. The zero-order valence-electron chi connectivity index (χ0n) is 14.4. The van der Waals surface area contributed by atoms with Gasteiger partial charge in [0.1, 0.15) is 0 Å². The Hall–Kier alpha value is -2.71. The number of rotatable bonds is 11. The van der Waals surface area contributed by atoms with Gasteiger partial charge in [0, 0.05) is 18.7 Å². The minimum Gasteiger partial charge on any atom is -0.462 e. The van der Waals surface area contributed by atoms with Crippen molar-refractivity contribution in [2.75, 3.05) is 18.5 Å². The minimum atomic E-state index is -0.817. The molecular weight excluding hydrogens is 330 g/mol. The highest BCUT2D eigenvalue weighted by Crippen LogP contribution is 2.36. The van der Waals surface area contributed by atoms with E-state index in [2.05, 4.69) is 12.2 Å². The number of nitrogens with zero attached hydrogens (tertiary/aromatic N) is 2. The van der Waals surface area contributed by atoms with Crippen LogP contribution in [-0.2, 0) is 4.74 Å². The van der Waals surface area contributed by atoms with Gasteiger partial charge < -0.3 is 10.1 Å². The van der Waals surface area contributed by atoms with Gasteiger partial charge in [0.2, 0.25) is 0 Å². The summed E-state index contributed by atoms with van der Waals surface area (Å²) in [5.41, 5.74) is -1.40. The minimum absolute atomic E-state index is 0.137. The number of unbranched alkanes of at least 4 members (excludes halogenated alkanes) is 3. The molecule has 1 rings (SSSR count). The number of nitro groups is 2. The highest BCUT2D eigenvalue weighted by atomic mass is 16.6. The molecule has 0 aliphatic carbocycles. The molecule has 0 fully saturated rings. The second-order valence-corrected chi connectivity index (χ2v) is 5.53. The largest absolute Gasteiger partial charge is 0.462 e. The molecule has 0 bridgehead atoms. The summed E-state index contributed by atoms with van der Waals surface area (Å²) < 4.78 is 4.91. The molecule has 138 valence electrons. The lowest BCUT2D eigenvalue weighted by Gasteiger charge is -2.10. The number of hydrogen-bond acceptors (Lipinski definition) is 7. The zero-order valence-corrected chi connectivity index (χ0v) is 14.4. The lowest BCUT2D eigenvalue weighted by atomic mass is 10.1. The zero-order chi connectivity index (χ0) is 18.8. The van der Waals surface area contributed by atoms with Crippen LogP contribution in [-0.4, -0.2) is 29.0 Å². The summed E-state index contributed by atoms with van der Waals surface area (Å²) in [5, 5.41) is 25.4. The molecule has 0 radical (unpaired) electrons. The number of ether oxygens (including phenoxy) is 1. The van der Waals surface area contributed by atoms with Crippen molar-refractivity contribution >= 4 is 23.0 Å². The fraction of sp³-hybridized carbons (Fsp3) is 0.562.